The van der Waals surface area contributed by atoms with Crippen molar-refractivity contribution in [3.63, 3.8) is 0 Å². The number of hydrogen-bond donors (Lipinski definition) is 0. The van der Waals surface area contributed by atoms with Gasteiger partial charge in [0.2, 0.25) is 0 Å². The molecule has 120 valence electrons. The summed E-state index contributed by atoms with van der Waals surface area (Å²) in [5, 5.41) is 0. The van der Waals surface area contributed by atoms with Crippen molar-refractivity contribution in [2.24, 2.45) is 5.92 Å². The second kappa shape index (κ2) is 15.1. The van der Waals surface area contributed by atoms with Crippen molar-refractivity contribution in [1.29, 1.82) is 0 Å². The van der Waals surface area contributed by atoms with Crippen LogP contribution in [0.5, 0.6) is 0 Å². The van der Waals surface area contributed by atoms with E-state index in [1.807, 2.05) is 0 Å². The van der Waals surface area contributed by atoms with E-state index in [0.29, 0.717) is 0 Å². The van der Waals surface area contributed by atoms with Crippen LogP contribution in [-0.2, 0) is 0 Å². The van der Waals surface area contributed by atoms with Gasteiger partial charge in [-0.05, 0) is 31.6 Å². The highest BCUT2D eigenvalue weighted by atomic mass is 14.1. The van der Waals surface area contributed by atoms with Gasteiger partial charge < -0.3 is 0 Å². The average molecular weight is 281 g/mol. The van der Waals surface area contributed by atoms with Crippen LogP contribution in [0.3, 0.4) is 0 Å². The van der Waals surface area contributed by atoms with Crippen LogP contribution in [0, 0.1) is 5.92 Å². The Morgan fingerprint density at radius 1 is 0.700 bits per heavy atom. The van der Waals surface area contributed by atoms with Crippen LogP contribution >= 0.6 is 0 Å². The summed E-state index contributed by atoms with van der Waals surface area (Å²) in [5.74, 6) is 1.00. The molecule has 0 aliphatic heterocycles. The first-order valence-corrected chi connectivity index (χ1v) is 9.41. The summed E-state index contributed by atoms with van der Waals surface area (Å²) >= 11 is 0. The Hall–Kier alpha value is -0.260. The second-order valence-corrected chi connectivity index (χ2v) is 6.58. The molecule has 0 aliphatic rings. The molecule has 0 aromatic rings. The number of unbranched alkanes of at least 4 members (excludes halogenated alkanes) is 6. The van der Waals surface area contributed by atoms with Crippen molar-refractivity contribution < 1.29 is 0 Å². The lowest BCUT2D eigenvalue weighted by molar-refractivity contribution is 0.400. The average Bonchev–Trinajstić information content (AvgIpc) is 2.47. The number of rotatable bonds is 15. The van der Waals surface area contributed by atoms with Crippen molar-refractivity contribution in [1.82, 2.24) is 0 Å². The maximum atomic E-state index is 4.19. The van der Waals surface area contributed by atoms with Gasteiger partial charge in [-0.3, -0.25) is 0 Å². The molecule has 0 heteroatoms. The summed E-state index contributed by atoms with van der Waals surface area (Å²) in [6, 6.07) is 0. The minimum atomic E-state index is 1.00. The van der Waals surface area contributed by atoms with Crippen molar-refractivity contribution in [2.75, 3.05) is 0 Å². The molecule has 0 radical (unpaired) electrons. The summed E-state index contributed by atoms with van der Waals surface area (Å²) in [6.07, 6.45) is 19.4. The first kappa shape index (κ1) is 19.7. The zero-order valence-corrected chi connectivity index (χ0v) is 14.7. The van der Waals surface area contributed by atoms with Gasteiger partial charge in [-0.1, -0.05) is 97.1 Å². The standard InChI is InChI=1S/C20H40/c1-5-8-15-19(4)16-13-11-10-12-14-18-20(7-3)17-9-6-2/h20H,4-18H2,1-3H3. The molecule has 1 unspecified atom stereocenters. The Labute approximate surface area is 129 Å². The monoisotopic (exact) mass is 280 g/mol. The molecule has 0 saturated carbocycles. The smallest absolute Gasteiger partial charge is 0.0323 e. The molecule has 0 aromatic carbocycles. The van der Waals surface area contributed by atoms with E-state index in [1.54, 1.807) is 0 Å². The SMILES string of the molecule is C=C(CCCC)CCCCCCCC(CC)CCCC. The lowest BCUT2D eigenvalue weighted by Crippen LogP contribution is -1.98. The Balaban J connectivity index is 3.32. The van der Waals surface area contributed by atoms with E-state index in [4.69, 9.17) is 0 Å². The molecule has 0 fully saturated rings. The van der Waals surface area contributed by atoms with Crippen LogP contribution in [0.25, 0.3) is 0 Å². The van der Waals surface area contributed by atoms with Crippen molar-refractivity contribution >= 4 is 0 Å². The highest BCUT2D eigenvalue weighted by Gasteiger charge is 2.05. The molecule has 0 saturated heterocycles. The lowest BCUT2D eigenvalue weighted by Gasteiger charge is -2.13. The Morgan fingerprint density at radius 3 is 1.90 bits per heavy atom. The quantitative estimate of drug-likeness (QED) is 0.213. The van der Waals surface area contributed by atoms with Gasteiger partial charge in [0.25, 0.3) is 0 Å². The zero-order valence-electron chi connectivity index (χ0n) is 14.7. The van der Waals surface area contributed by atoms with Gasteiger partial charge in [0.15, 0.2) is 0 Å². The fourth-order valence-corrected chi connectivity index (χ4v) is 2.94. The topological polar surface area (TPSA) is 0 Å². The van der Waals surface area contributed by atoms with Gasteiger partial charge in [-0.2, -0.15) is 0 Å². The van der Waals surface area contributed by atoms with Crippen LogP contribution in [0.15, 0.2) is 12.2 Å². The van der Waals surface area contributed by atoms with Gasteiger partial charge in [-0.25, -0.2) is 0 Å². The first-order chi connectivity index (χ1) is 9.74. The lowest BCUT2D eigenvalue weighted by atomic mass is 9.93. The summed E-state index contributed by atoms with van der Waals surface area (Å²) in [4.78, 5) is 0. The van der Waals surface area contributed by atoms with Gasteiger partial charge >= 0.3 is 0 Å². The van der Waals surface area contributed by atoms with Gasteiger partial charge in [0.1, 0.15) is 0 Å². The van der Waals surface area contributed by atoms with Crippen LogP contribution in [0.4, 0.5) is 0 Å². The van der Waals surface area contributed by atoms with Crippen LogP contribution < -0.4 is 0 Å². The molecule has 0 N–H and O–H groups in total. The van der Waals surface area contributed by atoms with E-state index in [2.05, 4.69) is 27.4 Å². The minimum absolute atomic E-state index is 1.00. The second-order valence-electron chi connectivity index (χ2n) is 6.58. The predicted molar refractivity (Wildman–Crippen MR) is 94.3 cm³/mol. The first-order valence-electron chi connectivity index (χ1n) is 9.41. The fraction of sp³-hybridized carbons (Fsp3) is 0.900. The van der Waals surface area contributed by atoms with Crippen molar-refractivity contribution in [3.8, 4) is 0 Å². The third-order valence-electron chi connectivity index (χ3n) is 4.57. The highest BCUT2D eigenvalue weighted by molar-refractivity contribution is 4.93. The molecular formula is C20H40. The third-order valence-corrected chi connectivity index (χ3v) is 4.57. The summed E-state index contributed by atoms with van der Waals surface area (Å²) in [7, 11) is 0. The van der Waals surface area contributed by atoms with E-state index in [0.717, 1.165) is 5.92 Å². The molecule has 1 atom stereocenters. The van der Waals surface area contributed by atoms with Crippen molar-refractivity contribution in [2.45, 2.75) is 111 Å². The van der Waals surface area contributed by atoms with Gasteiger partial charge in [-0.15, -0.1) is 0 Å². The maximum Gasteiger partial charge on any atom is -0.0323 e. The Bertz CT molecular complexity index is 204. The molecule has 0 amide bonds. The van der Waals surface area contributed by atoms with E-state index in [1.165, 1.54) is 95.5 Å². The Kier molecular flexibility index (Phi) is 14.9. The molecule has 20 heavy (non-hydrogen) atoms. The molecule has 0 rings (SSSR count). The molecule has 0 aromatic heterocycles. The van der Waals surface area contributed by atoms with E-state index in [-0.39, 0.29) is 0 Å². The minimum Gasteiger partial charge on any atom is -0.0999 e. The Morgan fingerprint density at radius 2 is 1.25 bits per heavy atom. The van der Waals surface area contributed by atoms with E-state index < -0.39 is 0 Å². The van der Waals surface area contributed by atoms with E-state index in [9.17, 15) is 0 Å². The number of hydrogen-bond acceptors (Lipinski definition) is 0. The highest BCUT2D eigenvalue weighted by Crippen LogP contribution is 2.21. The molecule has 0 spiro atoms. The fourth-order valence-electron chi connectivity index (χ4n) is 2.94. The zero-order chi connectivity index (χ0) is 15.1. The van der Waals surface area contributed by atoms with Crippen LogP contribution in [0.1, 0.15) is 111 Å². The number of allylic oxidation sites excluding steroid dienone is 1. The van der Waals surface area contributed by atoms with Crippen LogP contribution in [0.2, 0.25) is 0 Å². The van der Waals surface area contributed by atoms with E-state index >= 15 is 0 Å². The summed E-state index contributed by atoms with van der Waals surface area (Å²) in [6.45, 7) is 11.1. The third kappa shape index (κ3) is 12.8. The predicted octanol–water partition coefficient (Wildman–Crippen LogP) is 7.68. The molecular weight excluding hydrogens is 240 g/mol. The van der Waals surface area contributed by atoms with Crippen molar-refractivity contribution in [3.05, 3.63) is 12.2 Å². The van der Waals surface area contributed by atoms with Gasteiger partial charge in [0.05, 0.1) is 0 Å². The summed E-state index contributed by atoms with van der Waals surface area (Å²) < 4.78 is 0. The normalized spacial score (nSPS) is 12.6. The van der Waals surface area contributed by atoms with Crippen LogP contribution in [-0.4, -0.2) is 0 Å². The molecule has 0 aliphatic carbocycles. The summed E-state index contributed by atoms with van der Waals surface area (Å²) in [5.41, 5.74) is 1.48. The largest absolute Gasteiger partial charge is 0.0999 e. The van der Waals surface area contributed by atoms with Gasteiger partial charge in [0, 0.05) is 0 Å². The molecule has 0 heterocycles. The molecule has 0 bridgehead atoms. The molecule has 0 nitrogen and oxygen atoms in total. The maximum absolute atomic E-state index is 4.19.